The number of carbonyl (C=O) groups excluding carboxylic acids is 2. The Bertz CT molecular complexity index is 591. The first-order valence-corrected chi connectivity index (χ1v) is 6.46. The highest BCUT2D eigenvalue weighted by Gasteiger charge is 2.20. The molecule has 1 N–H and O–H groups in total. The van der Waals surface area contributed by atoms with Crippen LogP contribution in [0.2, 0.25) is 0 Å². The second-order valence-corrected chi connectivity index (χ2v) is 5.45. The molecule has 22 heavy (non-hydrogen) atoms. The second kappa shape index (κ2) is 6.88. The molecule has 0 radical (unpaired) electrons. The summed E-state index contributed by atoms with van der Waals surface area (Å²) < 4.78 is 9.56. The molecule has 0 saturated carbocycles. The standard InChI is InChI=1S/C14H18N2O6/c1-14(2,3)22-13(18)15-8-10-6-5-9(12(17)21-4)7-11(10)16(19)20/h5-7H,8H2,1-4H3,(H,15,18). The highest BCUT2D eigenvalue weighted by molar-refractivity contribution is 5.90. The van der Waals surface area contributed by atoms with Crippen molar-refractivity contribution in [3.8, 4) is 0 Å². The third-order valence-electron chi connectivity index (χ3n) is 2.53. The molecule has 120 valence electrons. The molecule has 1 rings (SSSR count). The fourth-order valence-electron chi connectivity index (χ4n) is 1.61. The molecule has 1 amide bonds. The van der Waals surface area contributed by atoms with E-state index in [0.717, 1.165) is 6.07 Å². The molecule has 0 aromatic heterocycles. The number of rotatable bonds is 4. The summed E-state index contributed by atoms with van der Waals surface area (Å²) in [5.74, 6) is -0.672. The van der Waals surface area contributed by atoms with Crippen LogP contribution in [-0.2, 0) is 16.0 Å². The van der Waals surface area contributed by atoms with Gasteiger partial charge in [-0.15, -0.1) is 0 Å². The Morgan fingerprint density at radius 1 is 1.32 bits per heavy atom. The van der Waals surface area contributed by atoms with Crippen LogP contribution in [0.15, 0.2) is 18.2 Å². The average molecular weight is 310 g/mol. The predicted molar refractivity (Wildman–Crippen MR) is 77.5 cm³/mol. The number of esters is 1. The zero-order chi connectivity index (χ0) is 16.9. The lowest BCUT2D eigenvalue weighted by Crippen LogP contribution is -2.32. The number of benzene rings is 1. The summed E-state index contributed by atoms with van der Waals surface area (Å²) in [6.45, 7) is 5.03. The van der Waals surface area contributed by atoms with Gasteiger partial charge in [0.15, 0.2) is 0 Å². The van der Waals surface area contributed by atoms with Crippen LogP contribution in [0.5, 0.6) is 0 Å². The van der Waals surface area contributed by atoms with Gasteiger partial charge in [-0.05, 0) is 32.9 Å². The van der Waals surface area contributed by atoms with Crippen LogP contribution in [0.4, 0.5) is 10.5 Å². The van der Waals surface area contributed by atoms with Gasteiger partial charge in [0.2, 0.25) is 0 Å². The van der Waals surface area contributed by atoms with E-state index in [4.69, 9.17) is 4.74 Å². The molecule has 0 saturated heterocycles. The molecule has 8 heteroatoms. The van der Waals surface area contributed by atoms with Crippen molar-refractivity contribution in [1.29, 1.82) is 0 Å². The summed E-state index contributed by atoms with van der Waals surface area (Å²) >= 11 is 0. The van der Waals surface area contributed by atoms with Crippen LogP contribution in [0.3, 0.4) is 0 Å². The quantitative estimate of drug-likeness (QED) is 0.520. The first kappa shape index (κ1) is 17.4. The summed E-state index contributed by atoms with van der Waals surface area (Å²) in [5.41, 5.74) is -0.622. The highest BCUT2D eigenvalue weighted by Crippen LogP contribution is 2.21. The van der Waals surface area contributed by atoms with Crippen molar-refractivity contribution >= 4 is 17.7 Å². The molecular formula is C14H18N2O6. The van der Waals surface area contributed by atoms with E-state index < -0.39 is 22.6 Å². The summed E-state index contributed by atoms with van der Waals surface area (Å²) in [7, 11) is 1.19. The molecule has 0 spiro atoms. The number of amides is 1. The van der Waals surface area contributed by atoms with Crippen LogP contribution >= 0.6 is 0 Å². The van der Waals surface area contributed by atoms with Gasteiger partial charge in [0.1, 0.15) is 5.60 Å². The SMILES string of the molecule is COC(=O)c1ccc(CNC(=O)OC(C)(C)C)c([N+](=O)[O-])c1. The number of nitrogens with one attached hydrogen (secondary N) is 1. The lowest BCUT2D eigenvalue weighted by molar-refractivity contribution is -0.385. The number of nitro groups is 1. The first-order valence-electron chi connectivity index (χ1n) is 6.46. The minimum atomic E-state index is -0.682. The molecule has 0 unspecified atom stereocenters. The number of hydrogen-bond donors (Lipinski definition) is 1. The molecule has 8 nitrogen and oxygen atoms in total. The van der Waals surface area contributed by atoms with Crippen molar-refractivity contribution in [2.45, 2.75) is 32.9 Å². The topological polar surface area (TPSA) is 108 Å². The van der Waals surface area contributed by atoms with Crippen LogP contribution in [0.1, 0.15) is 36.7 Å². The maximum absolute atomic E-state index is 11.6. The molecule has 0 aliphatic heterocycles. The second-order valence-electron chi connectivity index (χ2n) is 5.45. The summed E-state index contributed by atoms with van der Waals surface area (Å²) in [6, 6.07) is 3.89. The number of ether oxygens (including phenoxy) is 2. The molecule has 0 aliphatic carbocycles. The minimum absolute atomic E-state index is 0.0650. The molecular weight excluding hydrogens is 292 g/mol. The fourth-order valence-corrected chi connectivity index (χ4v) is 1.61. The molecule has 0 bridgehead atoms. The highest BCUT2D eigenvalue weighted by atomic mass is 16.6. The summed E-state index contributed by atoms with van der Waals surface area (Å²) in [4.78, 5) is 33.4. The Balaban J connectivity index is 2.89. The maximum atomic E-state index is 11.6. The van der Waals surface area contributed by atoms with Gasteiger partial charge in [0.05, 0.1) is 24.1 Å². The van der Waals surface area contributed by atoms with Gasteiger partial charge >= 0.3 is 12.1 Å². The van der Waals surface area contributed by atoms with Gasteiger partial charge in [-0.25, -0.2) is 9.59 Å². The molecule has 0 heterocycles. The van der Waals surface area contributed by atoms with Crippen molar-refractivity contribution in [2.24, 2.45) is 0 Å². The van der Waals surface area contributed by atoms with Gasteiger partial charge in [-0.1, -0.05) is 0 Å². The molecule has 1 aromatic carbocycles. The van der Waals surface area contributed by atoms with E-state index in [0.29, 0.717) is 0 Å². The minimum Gasteiger partial charge on any atom is -0.465 e. The smallest absolute Gasteiger partial charge is 0.407 e. The van der Waals surface area contributed by atoms with Gasteiger partial charge in [0, 0.05) is 11.6 Å². The predicted octanol–water partition coefficient (Wildman–Crippen LogP) is 2.41. The summed E-state index contributed by atoms with van der Waals surface area (Å²) in [5, 5.41) is 13.5. The largest absolute Gasteiger partial charge is 0.465 e. The van der Waals surface area contributed by atoms with Crippen LogP contribution in [-0.4, -0.2) is 29.7 Å². The number of nitro benzene ring substituents is 1. The number of methoxy groups -OCH3 is 1. The van der Waals surface area contributed by atoms with Gasteiger partial charge in [-0.2, -0.15) is 0 Å². The van der Waals surface area contributed by atoms with E-state index in [1.165, 1.54) is 19.2 Å². The van der Waals surface area contributed by atoms with Crippen molar-refractivity contribution in [3.05, 3.63) is 39.4 Å². The third kappa shape index (κ3) is 5.04. The van der Waals surface area contributed by atoms with E-state index in [1.807, 2.05) is 0 Å². The van der Waals surface area contributed by atoms with E-state index in [2.05, 4.69) is 10.1 Å². The lowest BCUT2D eigenvalue weighted by atomic mass is 10.1. The van der Waals surface area contributed by atoms with E-state index >= 15 is 0 Å². The molecule has 0 atom stereocenters. The van der Waals surface area contributed by atoms with E-state index in [-0.39, 0.29) is 23.4 Å². The Morgan fingerprint density at radius 2 is 1.95 bits per heavy atom. The van der Waals surface area contributed by atoms with Crippen LogP contribution < -0.4 is 5.32 Å². The summed E-state index contributed by atoms with van der Waals surface area (Å²) in [6.07, 6.45) is -0.682. The maximum Gasteiger partial charge on any atom is 0.407 e. The first-order chi connectivity index (χ1) is 10.1. The number of hydrogen-bond acceptors (Lipinski definition) is 6. The Morgan fingerprint density at radius 3 is 2.45 bits per heavy atom. The van der Waals surface area contributed by atoms with Crippen molar-refractivity contribution in [1.82, 2.24) is 5.32 Å². The third-order valence-corrected chi connectivity index (χ3v) is 2.53. The Kier molecular flexibility index (Phi) is 5.44. The van der Waals surface area contributed by atoms with Gasteiger partial charge in [-0.3, -0.25) is 10.1 Å². The van der Waals surface area contributed by atoms with Gasteiger partial charge in [0.25, 0.3) is 5.69 Å². The van der Waals surface area contributed by atoms with E-state index in [9.17, 15) is 19.7 Å². The van der Waals surface area contributed by atoms with Crippen molar-refractivity contribution < 1.29 is 24.0 Å². The molecule has 0 aliphatic rings. The lowest BCUT2D eigenvalue weighted by Gasteiger charge is -2.19. The van der Waals surface area contributed by atoms with Gasteiger partial charge < -0.3 is 14.8 Å². The van der Waals surface area contributed by atoms with Crippen molar-refractivity contribution in [2.75, 3.05) is 7.11 Å². The number of alkyl carbamates (subject to hydrolysis) is 1. The van der Waals surface area contributed by atoms with Crippen LogP contribution in [0.25, 0.3) is 0 Å². The fraction of sp³-hybridized carbons (Fsp3) is 0.429. The molecule has 0 fully saturated rings. The Hall–Kier alpha value is -2.64. The molecule has 1 aromatic rings. The van der Waals surface area contributed by atoms with Crippen LogP contribution in [0, 0.1) is 10.1 Å². The number of carbonyl (C=O) groups is 2. The number of nitrogens with zero attached hydrogens (tertiary/aromatic N) is 1. The Labute approximate surface area is 127 Å². The van der Waals surface area contributed by atoms with Crippen molar-refractivity contribution in [3.63, 3.8) is 0 Å². The zero-order valence-electron chi connectivity index (χ0n) is 12.8. The normalized spacial score (nSPS) is 10.7. The zero-order valence-corrected chi connectivity index (χ0v) is 12.8. The van der Waals surface area contributed by atoms with E-state index in [1.54, 1.807) is 20.8 Å². The monoisotopic (exact) mass is 310 g/mol. The average Bonchev–Trinajstić information content (AvgIpc) is 2.42.